The quantitative estimate of drug-likeness (QED) is 0.680. The van der Waals surface area contributed by atoms with Crippen molar-refractivity contribution in [2.24, 2.45) is 0 Å². The van der Waals surface area contributed by atoms with Crippen LogP contribution in [0.2, 0.25) is 0 Å². The molecule has 0 unspecified atom stereocenters. The van der Waals surface area contributed by atoms with Crippen molar-refractivity contribution in [2.75, 3.05) is 12.4 Å². The molecule has 0 heterocycles. The van der Waals surface area contributed by atoms with Gasteiger partial charge in [-0.05, 0) is 24.3 Å². The van der Waals surface area contributed by atoms with Gasteiger partial charge in [0, 0.05) is 18.2 Å². The van der Waals surface area contributed by atoms with Crippen molar-refractivity contribution < 1.29 is 19.1 Å². The molecule has 0 atom stereocenters. The van der Waals surface area contributed by atoms with Gasteiger partial charge in [0.15, 0.2) is 0 Å². The molecule has 0 aliphatic carbocycles. The molecule has 0 aromatic heterocycles. The van der Waals surface area contributed by atoms with Crippen molar-refractivity contribution in [1.82, 2.24) is 0 Å². The van der Waals surface area contributed by atoms with Gasteiger partial charge in [0.05, 0.1) is 7.11 Å². The summed E-state index contributed by atoms with van der Waals surface area (Å²) in [6.45, 7) is 1.76. The molecular weight excluding hydrogens is 282 g/mol. The summed E-state index contributed by atoms with van der Waals surface area (Å²) >= 11 is 0. The number of amides is 1. The molecule has 0 fully saturated rings. The van der Waals surface area contributed by atoms with E-state index in [1.54, 1.807) is 55.5 Å². The van der Waals surface area contributed by atoms with Crippen LogP contribution in [-0.2, 0) is 4.79 Å². The first-order chi connectivity index (χ1) is 10.6. The Morgan fingerprint density at radius 1 is 1.09 bits per heavy atom. The first-order valence-corrected chi connectivity index (χ1v) is 6.89. The number of nitrogens with one attached hydrogen (secondary N) is 1. The van der Waals surface area contributed by atoms with Crippen molar-refractivity contribution in [3.63, 3.8) is 0 Å². The summed E-state index contributed by atoms with van der Waals surface area (Å²) in [5.74, 6) is 0.178. The lowest BCUT2D eigenvalue weighted by molar-refractivity contribution is -0.115. The minimum Gasteiger partial charge on any atom is -0.496 e. The van der Waals surface area contributed by atoms with Crippen LogP contribution in [0.5, 0.6) is 11.5 Å². The molecule has 5 heteroatoms. The van der Waals surface area contributed by atoms with E-state index in [9.17, 15) is 9.59 Å². The van der Waals surface area contributed by atoms with E-state index in [1.807, 2.05) is 0 Å². The summed E-state index contributed by atoms with van der Waals surface area (Å²) in [6.07, 6.45) is 0.380. The zero-order valence-electron chi connectivity index (χ0n) is 12.5. The van der Waals surface area contributed by atoms with Crippen LogP contribution in [0.1, 0.15) is 23.7 Å². The minimum absolute atomic E-state index is 0.104. The molecule has 1 amide bonds. The molecule has 22 heavy (non-hydrogen) atoms. The zero-order valence-corrected chi connectivity index (χ0v) is 12.5. The van der Waals surface area contributed by atoms with Crippen LogP contribution in [0, 0.1) is 0 Å². The number of esters is 1. The van der Waals surface area contributed by atoms with E-state index in [2.05, 4.69) is 5.32 Å². The van der Waals surface area contributed by atoms with Crippen molar-refractivity contribution in [2.45, 2.75) is 13.3 Å². The fourth-order valence-electron chi connectivity index (χ4n) is 1.86. The molecule has 0 bridgehead atoms. The molecule has 1 N–H and O–H groups in total. The number of benzene rings is 2. The SMILES string of the molecule is CCC(=O)Nc1cccc(OC(=O)c2ccccc2OC)c1. The second kappa shape index (κ2) is 7.26. The predicted molar refractivity (Wildman–Crippen MR) is 83.3 cm³/mol. The number of hydrogen-bond acceptors (Lipinski definition) is 4. The van der Waals surface area contributed by atoms with Crippen LogP contribution in [-0.4, -0.2) is 19.0 Å². The van der Waals surface area contributed by atoms with E-state index in [4.69, 9.17) is 9.47 Å². The number of anilines is 1. The van der Waals surface area contributed by atoms with Crippen molar-refractivity contribution >= 4 is 17.6 Å². The van der Waals surface area contributed by atoms with Crippen LogP contribution >= 0.6 is 0 Å². The molecule has 0 spiro atoms. The summed E-state index contributed by atoms with van der Waals surface area (Å²) in [6, 6.07) is 13.5. The molecule has 2 aromatic rings. The summed E-state index contributed by atoms with van der Waals surface area (Å²) < 4.78 is 10.5. The summed E-state index contributed by atoms with van der Waals surface area (Å²) in [7, 11) is 1.49. The fraction of sp³-hybridized carbons (Fsp3) is 0.176. The number of carbonyl (C=O) groups excluding carboxylic acids is 2. The first-order valence-electron chi connectivity index (χ1n) is 6.89. The van der Waals surface area contributed by atoms with E-state index < -0.39 is 5.97 Å². The predicted octanol–water partition coefficient (Wildman–Crippen LogP) is 3.26. The zero-order chi connectivity index (χ0) is 15.9. The van der Waals surface area contributed by atoms with E-state index >= 15 is 0 Å². The first kappa shape index (κ1) is 15.6. The Morgan fingerprint density at radius 2 is 1.86 bits per heavy atom. The minimum atomic E-state index is -0.517. The van der Waals surface area contributed by atoms with E-state index in [-0.39, 0.29) is 5.91 Å². The Bertz CT molecular complexity index is 682. The second-order valence-electron chi connectivity index (χ2n) is 4.52. The van der Waals surface area contributed by atoms with Gasteiger partial charge in [-0.2, -0.15) is 0 Å². The van der Waals surface area contributed by atoms with E-state index in [0.717, 1.165) is 0 Å². The molecule has 114 valence electrons. The Kier molecular flexibility index (Phi) is 5.14. The van der Waals surface area contributed by atoms with E-state index in [1.165, 1.54) is 7.11 Å². The highest BCUT2D eigenvalue weighted by Crippen LogP contribution is 2.22. The number of methoxy groups -OCH3 is 1. The standard InChI is InChI=1S/C17H17NO4/c1-3-16(19)18-12-7-6-8-13(11-12)22-17(20)14-9-4-5-10-15(14)21-2/h4-11H,3H2,1-2H3,(H,18,19). The third-order valence-corrected chi connectivity index (χ3v) is 2.98. The van der Waals surface area contributed by atoms with Crippen LogP contribution in [0.4, 0.5) is 5.69 Å². The van der Waals surface area contributed by atoms with Crippen LogP contribution < -0.4 is 14.8 Å². The second-order valence-corrected chi connectivity index (χ2v) is 4.52. The summed E-state index contributed by atoms with van der Waals surface area (Å²) in [5.41, 5.74) is 0.921. The Morgan fingerprint density at radius 3 is 2.59 bits per heavy atom. The van der Waals surface area contributed by atoms with Crippen molar-refractivity contribution in [3.8, 4) is 11.5 Å². The van der Waals surface area contributed by atoms with Gasteiger partial charge in [0.2, 0.25) is 5.91 Å². The summed E-state index contributed by atoms with van der Waals surface area (Å²) in [5, 5.41) is 2.71. The van der Waals surface area contributed by atoms with Crippen LogP contribution in [0.15, 0.2) is 48.5 Å². The lowest BCUT2D eigenvalue weighted by Crippen LogP contribution is -2.11. The molecule has 2 rings (SSSR count). The van der Waals surface area contributed by atoms with E-state index in [0.29, 0.717) is 29.2 Å². The molecule has 5 nitrogen and oxygen atoms in total. The average molecular weight is 299 g/mol. The molecule has 0 saturated heterocycles. The molecule has 0 aliphatic rings. The Balaban J connectivity index is 2.15. The van der Waals surface area contributed by atoms with Gasteiger partial charge in [-0.25, -0.2) is 4.79 Å². The van der Waals surface area contributed by atoms with Gasteiger partial charge < -0.3 is 14.8 Å². The van der Waals surface area contributed by atoms with Gasteiger partial charge in [0.25, 0.3) is 0 Å². The normalized spacial score (nSPS) is 9.91. The molecule has 0 saturated carbocycles. The maximum Gasteiger partial charge on any atom is 0.347 e. The third kappa shape index (κ3) is 3.85. The number of ether oxygens (including phenoxy) is 2. The molecule has 0 radical (unpaired) electrons. The maximum atomic E-state index is 12.2. The molecular formula is C17H17NO4. The molecule has 2 aromatic carbocycles. The number of rotatable bonds is 5. The van der Waals surface area contributed by atoms with Crippen molar-refractivity contribution in [3.05, 3.63) is 54.1 Å². The van der Waals surface area contributed by atoms with Crippen LogP contribution in [0.3, 0.4) is 0 Å². The number of carbonyl (C=O) groups is 2. The summed E-state index contributed by atoms with van der Waals surface area (Å²) in [4.78, 5) is 23.6. The highest BCUT2D eigenvalue weighted by atomic mass is 16.5. The maximum absolute atomic E-state index is 12.2. The highest BCUT2D eigenvalue weighted by Gasteiger charge is 2.14. The average Bonchev–Trinajstić information content (AvgIpc) is 2.55. The Hall–Kier alpha value is -2.82. The van der Waals surface area contributed by atoms with Crippen molar-refractivity contribution in [1.29, 1.82) is 0 Å². The highest BCUT2D eigenvalue weighted by molar-refractivity contribution is 5.94. The topological polar surface area (TPSA) is 64.6 Å². The number of para-hydroxylation sites is 1. The van der Waals surface area contributed by atoms with Gasteiger partial charge in [-0.15, -0.1) is 0 Å². The smallest absolute Gasteiger partial charge is 0.347 e. The Labute approximate surface area is 128 Å². The lowest BCUT2D eigenvalue weighted by Gasteiger charge is -2.09. The van der Waals surface area contributed by atoms with Crippen LogP contribution in [0.25, 0.3) is 0 Å². The fourth-order valence-corrected chi connectivity index (χ4v) is 1.86. The van der Waals surface area contributed by atoms with Gasteiger partial charge >= 0.3 is 5.97 Å². The van der Waals surface area contributed by atoms with Gasteiger partial charge in [0.1, 0.15) is 17.1 Å². The van der Waals surface area contributed by atoms with Gasteiger partial charge in [-0.3, -0.25) is 4.79 Å². The largest absolute Gasteiger partial charge is 0.496 e. The third-order valence-electron chi connectivity index (χ3n) is 2.98. The van der Waals surface area contributed by atoms with Gasteiger partial charge in [-0.1, -0.05) is 25.1 Å². The number of hydrogen-bond donors (Lipinski definition) is 1. The lowest BCUT2D eigenvalue weighted by atomic mass is 10.2. The molecule has 0 aliphatic heterocycles. The monoisotopic (exact) mass is 299 g/mol.